The molecule has 0 atom stereocenters. The lowest BCUT2D eigenvalue weighted by Crippen LogP contribution is -2.31. The Kier molecular flexibility index (Phi) is 4.95. The number of nitrogens with zero attached hydrogens (tertiary/aromatic N) is 1. The highest BCUT2D eigenvalue weighted by Crippen LogP contribution is 2.36. The van der Waals surface area contributed by atoms with Gasteiger partial charge in [-0.2, -0.15) is 4.31 Å². The van der Waals surface area contributed by atoms with E-state index < -0.39 is 10.0 Å². The van der Waals surface area contributed by atoms with Gasteiger partial charge in [0.25, 0.3) is 0 Å². The van der Waals surface area contributed by atoms with Crippen LogP contribution in [0.5, 0.6) is 0 Å². The molecule has 0 saturated heterocycles. The summed E-state index contributed by atoms with van der Waals surface area (Å²) in [6.07, 6.45) is 3.07. The second-order valence-corrected chi connectivity index (χ2v) is 7.42. The van der Waals surface area contributed by atoms with Crippen LogP contribution < -0.4 is 0 Å². The smallest absolute Gasteiger partial charge is 0.245 e. The van der Waals surface area contributed by atoms with E-state index in [4.69, 9.17) is 0 Å². The summed E-state index contributed by atoms with van der Waals surface area (Å²) < 4.78 is 27.9. The van der Waals surface area contributed by atoms with Crippen molar-refractivity contribution < 1.29 is 13.5 Å². The van der Waals surface area contributed by atoms with E-state index in [0.29, 0.717) is 10.3 Å². The van der Waals surface area contributed by atoms with Gasteiger partial charge in [0.05, 0.1) is 11.5 Å². The molecule has 1 N–H and O–H groups in total. The van der Waals surface area contributed by atoms with Crippen LogP contribution in [0.4, 0.5) is 0 Å². The molecule has 4 nitrogen and oxygen atoms in total. The molecule has 0 saturated carbocycles. The Hall–Kier alpha value is -1.47. The third kappa shape index (κ3) is 2.94. The van der Waals surface area contributed by atoms with Crippen LogP contribution in [0.2, 0.25) is 0 Å². The molecule has 1 aromatic carbocycles. The minimum absolute atomic E-state index is 0.189. The van der Waals surface area contributed by atoms with Crippen molar-refractivity contribution >= 4 is 31.4 Å². The summed E-state index contributed by atoms with van der Waals surface area (Å²) in [6.45, 7) is 7.28. The van der Waals surface area contributed by atoms with Crippen molar-refractivity contribution in [3.05, 3.63) is 54.5 Å². The monoisotopic (exact) mass is 323 g/mol. The zero-order valence-electron chi connectivity index (χ0n) is 11.5. The second-order valence-electron chi connectivity index (χ2n) is 4.41. The number of fused-ring (bicyclic) bond motifs is 1. The number of hydrogen-bond acceptors (Lipinski definition) is 4. The highest BCUT2D eigenvalue weighted by Gasteiger charge is 2.29. The number of aliphatic hydroxyl groups excluding tert-OH is 1. The normalized spacial score (nSPS) is 11.9. The van der Waals surface area contributed by atoms with Gasteiger partial charge in [0, 0.05) is 23.2 Å². The standard InChI is InChI=1S/C15H17NO3S2/c1-3-9-16(10-4-2)21(18,19)15-12-7-5-6-8-13(12)20-14(15)11-17/h3-8,17H,1-2,9-11H2. The number of aliphatic hydroxyl groups is 1. The van der Waals surface area contributed by atoms with E-state index in [9.17, 15) is 13.5 Å². The number of rotatable bonds is 7. The molecular weight excluding hydrogens is 306 g/mol. The minimum atomic E-state index is -3.71. The van der Waals surface area contributed by atoms with Crippen LogP contribution in [-0.4, -0.2) is 30.9 Å². The maximum Gasteiger partial charge on any atom is 0.245 e. The van der Waals surface area contributed by atoms with E-state index in [-0.39, 0.29) is 24.6 Å². The van der Waals surface area contributed by atoms with Gasteiger partial charge in [-0.25, -0.2) is 8.42 Å². The summed E-state index contributed by atoms with van der Waals surface area (Å²) in [5, 5.41) is 10.2. The molecule has 6 heteroatoms. The molecule has 0 fully saturated rings. The highest BCUT2D eigenvalue weighted by atomic mass is 32.2. The Labute approximate surface area is 128 Å². The number of thiophene rings is 1. The van der Waals surface area contributed by atoms with E-state index in [0.717, 1.165) is 4.70 Å². The molecule has 1 heterocycles. The van der Waals surface area contributed by atoms with Crippen LogP contribution in [0.1, 0.15) is 4.88 Å². The second kappa shape index (κ2) is 6.53. The quantitative estimate of drug-likeness (QED) is 0.797. The molecular formula is C15H17NO3S2. The van der Waals surface area contributed by atoms with Crippen molar-refractivity contribution in [3.8, 4) is 0 Å². The zero-order valence-corrected chi connectivity index (χ0v) is 13.2. The van der Waals surface area contributed by atoms with Gasteiger partial charge in [-0.3, -0.25) is 0 Å². The van der Waals surface area contributed by atoms with Gasteiger partial charge in [-0.1, -0.05) is 30.4 Å². The third-order valence-electron chi connectivity index (χ3n) is 3.03. The van der Waals surface area contributed by atoms with Gasteiger partial charge < -0.3 is 5.11 Å². The molecule has 0 spiro atoms. The largest absolute Gasteiger partial charge is 0.391 e. The molecule has 2 aromatic rings. The fraction of sp³-hybridized carbons (Fsp3) is 0.200. The summed E-state index contributed by atoms with van der Waals surface area (Å²) in [7, 11) is -3.71. The molecule has 21 heavy (non-hydrogen) atoms. The number of hydrogen-bond donors (Lipinski definition) is 1. The van der Waals surface area contributed by atoms with Crippen molar-refractivity contribution in [2.45, 2.75) is 11.5 Å². The van der Waals surface area contributed by atoms with E-state index in [1.165, 1.54) is 27.8 Å². The van der Waals surface area contributed by atoms with E-state index in [1.54, 1.807) is 12.1 Å². The molecule has 0 amide bonds. The van der Waals surface area contributed by atoms with Crippen LogP contribution in [0.15, 0.2) is 54.5 Å². The molecule has 1 aromatic heterocycles. The first-order valence-electron chi connectivity index (χ1n) is 6.39. The summed E-state index contributed by atoms with van der Waals surface area (Å²) >= 11 is 1.30. The predicted molar refractivity (Wildman–Crippen MR) is 86.9 cm³/mol. The van der Waals surface area contributed by atoms with Gasteiger partial charge in [0.15, 0.2) is 0 Å². The Balaban J connectivity index is 2.67. The lowest BCUT2D eigenvalue weighted by Gasteiger charge is -2.19. The minimum Gasteiger partial charge on any atom is -0.391 e. The van der Waals surface area contributed by atoms with E-state index in [1.807, 2.05) is 12.1 Å². The molecule has 0 unspecified atom stereocenters. The van der Waals surface area contributed by atoms with Gasteiger partial charge in [0.2, 0.25) is 10.0 Å². The fourth-order valence-corrected chi connectivity index (χ4v) is 5.28. The first kappa shape index (κ1) is 15.9. The first-order chi connectivity index (χ1) is 10.1. The topological polar surface area (TPSA) is 57.6 Å². The Morgan fingerprint density at radius 1 is 1.19 bits per heavy atom. The summed E-state index contributed by atoms with van der Waals surface area (Å²) in [4.78, 5) is 0.642. The Morgan fingerprint density at radius 3 is 2.38 bits per heavy atom. The molecule has 0 bridgehead atoms. The lowest BCUT2D eigenvalue weighted by atomic mass is 10.2. The van der Waals surface area contributed by atoms with Gasteiger partial charge in [-0.05, 0) is 6.07 Å². The SMILES string of the molecule is C=CCN(CC=C)S(=O)(=O)c1c(CO)sc2ccccc12. The Bertz CT molecular complexity index is 752. The van der Waals surface area contributed by atoms with Crippen LogP contribution in [0.25, 0.3) is 10.1 Å². The van der Waals surface area contributed by atoms with Gasteiger partial charge in [0.1, 0.15) is 4.90 Å². The average molecular weight is 323 g/mol. The summed E-state index contributed by atoms with van der Waals surface area (Å²) in [5.41, 5.74) is 0. The van der Waals surface area contributed by atoms with Gasteiger partial charge >= 0.3 is 0 Å². The van der Waals surface area contributed by atoms with E-state index in [2.05, 4.69) is 13.2 Å². The Morgan fingerprint density at radius 2 is 1.81 bits per heavy atom. The highest BCUT2D eigenvalue weighted by molar-refractivity contribution is 7.89. The molecule has 112 valence electrons. The van der Waals surface area contributed by atoms with Crippen LogP contribution in [-0.2, 0) is 16.6 Å². The molecule has 0 radical (unpaired) electrons. The fourth-order valence-electron chi connectivity index (χ4n) is 2.15. The van der Waals surface area contributed by atoms with Crippen molar-refractivity contribution in [2.24, 2.45) is 0 Å². The molecule has 0 aliphatic carbocycles. The summed E-state index contributed by atoms with van der Waals surface area (Å²) in [5.74, 6) is 0. The predicted octanol–water partition coefficient (Wildman–Crippen LogP) is 2.76. The molecule has 0 aliphatic rings. The maximum absolute atomic E-state index is 12.9. The van der Waals surface area contributed by atoms with E-state index >= 15 is 0 Å². The zero-order chi connectivity index (χ0) is 15.5. The van der Waals surface area contributed by atoms with Crippen molar-refractivity contribution in [2.75, 3.05) is 13.1 Å². The van der Waals surface area contributed by atoms with Gasteiger partial charge in [-0.15, -0.1) is 24.5 Å². The summed E-state index contributed by atoms with van der Waals surface area (Å²) in [6, 6.07) is 7.25. The van der Waals surface area contributed by atoms with Crippen LogP contribution >= 0.6 is 11.3 Å². The van der Waals surface area contributed by atoms with Crippen molar-refractivity contribution in [3.63, 3.8) is 0 Å². The van der Waals surface area contributed by atoms with Crippen LogP contribution in [0.3, 0.4) is 0 Å². The van der Waals surface area contributed by atoms with Crippen LogP contribution in [0, 0.1) is 0 Å². The average Bonchev–Trinajstić information content (AvgIpc) is 2.86. The first-order valence-corrected chi connectivity index (χ1v) is 8.65. The number of sulfonamides is 1. The van der Waals surface area contributed by atoms with Crippen molar-refractivity contribution in [1.82, 2.24) is 4.31 Å². The molecule has 2 rings (SSSR count). The lowest BCUT2D eigenvalue weighted by molar-refractivity contribution is 0.282. The third-order valence-corrected chi connectivity index (χ3v) is 6.27. The molecule has 0 aliphatic heterocycles. The maximum atomic E-state index is 12.9. The van der Waals surface area contributed by atoms with Crippen molar-refractivity contribution in [1.29, 1.82) is 0 Å². The number of benzene rings is 1.